The van der Waals surface area contributed by atoms with Gasteiger partial charge in [-0.15, -0.1) is 0 Å². The van der Waals surface area contributed by atoms with E-state index in [0.29, 0.717) is 35.9 Å². The minimum Gasteiger partial charge on any atom is -0.484 e. The van der Waals surface area contributed by atoms with Crippen molar-refractivity contribution in [3.8, 4) is 11.5 Å². The second-order valence-electron chi connectivity index (χ2n) is 6.59. The number of amides is 1. The minimum absolute atomic E-state index is 0.0362. The predicted molar refractivity (Wildman–Crippen MR) is 97.7 cm³/mol. The number of piperazine rings is 1. The molecule has 1 aromatic heterocycles. The summed E-state index contributed by atoms with van der Waals surface area (Å²) in [6.07, 6.45) is 3.09. The summed E-state index contributed by atoms with van der Waals surface area (Å²) >= 11 is 0. The maximum absolute atomic E-state index is 12.4. The van der Waals surface area contributed by atoms with E-state index >= 15 is 0 Å². The molecule has 3 heterocycles. The second kappa shape index (κ2) is 7.28. The molecule has 0 radical (unpaired) electrons. The lowest BCUT2D eigenvalue weighted by molar-refractivity contribution is -0.134. The third-order valence-electron chi connectivity index (χ3n) is 4.68. The summed E-state index contributed by atoms with van der Waals surface area (Å²) in [6.45, 7) is 3.12. The molecule has 1 amide bonds. The van der Waals surface area contributed by atoms with Gasteiger partial charge < -0.3 is 23.7 Å². The van der Waals surface area contributed by atoms with Gasteiger partial charge in [0.25, 0.3) is 5.91 Å². The highest BCUT2D eigenvalue weighted by molar-refractivity contribution is 6.14. The van der Waals surface area contributed by atoms with E-state index in [0.717, 1.165) is 13.1 Å². The standard InChI is InChI=1S/C20H20N2O5/c1-21-6-8-22(9-7-21)19(23)13-26-15-4-5-16-17(11-15)27-18(20(16)24)12-14-3-2-10-25-14/h2-5,10-12H,6-9,13H2,1H3. The second-order valence-corrected chi connectivity index (χ2v) is 6.59. The van der Waals surface area contributed by atoms with Crippen LogP contribution < -0.4 is 9.47 Å². The van der Waals surface area contributed by atoms with Crippen molar-refractivity contribution in [2.75, 3.05) is 39.8 Å². The fourth-order valence-corrected chi connectivity index (χ4v) is 3.05. The van der Waals surface area contributed by atoms with Gasteiger partial charge in [0.05, 0.1) is 11.8 Å². The number of furan rings is 1. The van der Waals surface area contributed by atoms with Crippen LogP contribution in [0.25, 0.3) is 6.08 Å². The Morgan fingerprint density at radius 1 is 1.22 bits per heavy atom. The molecule has 0 spiro atoms. The molecule has 7 heteroatoms. The molecule has 0 atom stereocenters. The molecule has 0 unspecified atom stereocenters. The van der Waals surface area contributed by atoms with Crippen LogP contribution in [0, 0.1) is 0 Å². The number of likely N-dealkylation sites (N-methyl/N-ethyl adjacent to an activating group) is 1. The maximum Gasteiger partial charge on any atom is 0.260 e. The molecule has 0 saturated carbocycles. The summed E-state index contributed by atoms with van der Waals surface area (Å²) in [6, 6.07) is 8.43. The highest BCUT2D eigenvalue weighted by atomic mass is 16.5. The molecule has 0 aliphatic carbocycles. The van der Waals surface area contributed by atoms with Crippen molar-refractivity contribution in [1.82, 2.24) is 9.80 Å². The number of carbonyl (C=O) groups excluding carboxylic acids is 2. The molecule has 0 N–H and O–H groups in total. The van der Waals surface area contributed by atoms with Crippen LogP contribution in [-0.2, 0) is 4.79 Å². The van der Waals surface area contributed by atoms with Crippen LogP contribution in [0.1, 0.15) is 16.1 Å². The topological polar surface area (TPSA) is 72.2 Å². The molecule has 2 aromatic rings. The predicted octanol–water partition coefficient (Wildman–Crippen LogP) is 2.05. The Kier molecular flexibility index (Phi) is 4.68. The number of hydrogen-bond donors (Lipinski definition) is 0. The van der Waals surface area contributed by atoms with Crippen LogP contribution in [0.2, 0.25) is 0 Å². The summed E-state index contributed by atoms with van der Waals surface area (Å²) in [4.78, 5) is 28.7. The molecule has 0 bridgehead atoms. The van der Waals surface area contributed by atoms with Crippen LogP contribution in [0.4, 0.5) is 0 Å². The fraction of sp³-hybridized carbons (Fsp3) is 0.300. The van der Waals surface area contributed by atoms with Crippen molar-refractivity contribution in [1.29, 1.82) is 0 Å². The smallest absolute Gasteiger partial charge is 0.260 e. The van der Waals surface area contributed by atoms with Crippen molar-refractivity contribution < 1.29 is 23.5 Å². The zero-order valence-corrected chi connectivity index (χ0v) is 15.0. The van der Waals surface area contributed by atoms with Crippen molar-refractivity contribution in [3.63, 3.8) is 0 Å². The van der Waals surface area contributed by atoms with Crippen LogP contribution in [0.15, 0.2) is 46.8 Å². The number of benzene rings is 1. The third-order valence-corrected chi connectivity index (χ3v) is 4.68. The van der Waals surface area contributed by atoms with E-state index in [9.17, 15) is 9.59 Å². The highest BCUT2D eigenvalue weighted by Gasteiger charge is 2.28. The monoisotopic (exact) mass is 368 g/mol. The molecular formula is C20H20N2O5. The van der Waals surface area contributed by atoms with E-state index in [4.69, 9.17) is 13.9 Å². The van der Waals surface area contributed by atoms with Crippen LogP contribution in [0.3, 0.4) is 0 Å². The third kappa shape index (κ3) is 3.73. The first-order chi connectivity index (χ1) is 13.1. The lowest BCUT2D eigenvalue weighted by Gasteiger charge is -2.32. The Morgan fingerprint density at radius 2 is 2.04 bits per heavy atom. The number of ketones is 1. The fourth-order valence-electron chi connectivity index (χ4n) is 3.05. The van der Waals surface area contributed by atoms with Crippen molar-refractivity contribution in [3.05, 3.63) is 53.7 Å². The Morgan fingerprint density at radius 3 is 2.78 bits per heavy atom. The summed E-state index contributed by atoms with van der Waals surface area (Å²) in [5, 5.41) is 0. The number of rotatable bonds is 4. The molecule has 2 aliphatic rings. The number of carbonyl (C=O) groups is 2. The van der Waals surface area contributed by atoms with E-state index in [1.807, 2.05) is 7.05 Å². The number of allylic oxidation sites excluding steroid dienone is 1. The Hall–Kier alpha value is -3.06. The molecule has 1 aromatic carbocycles. The van der Waals surface area contributed by atoms with Gasteiger partial charge in [0, 0.05) is 38.3 Å². The van der Waals surface area contributed by atoms with Crippen LogP contribution in [0.5, 0.6) is 11.5 Å². The van der Waals surface area contributed by atoms with Gasteiger partial charge in [0.2, 0.25) is 5.78 Å². The van der Waals surface area contributed by atoms with Gasteiger partial charge in [-0.2, -0.15) is 0 Å². The van der Waals surface area contributed by atoms with Gasteiger partial charge in [-0.25, -0.2) is 0 Å². The van der Waals surface area contributed by atoms with Gasteiger partial charge in [0.15, 0.2) is 12.4 Å². The number of ether oxygens (including phenoxy) is 2. The van der Waals surface area contributed by atoms with Crippen LogP contribution >= 0.6 is 0 Å². The average Bonchev–Trinajstić information content (AvgIpc) is 3.29. The Labute approximate surface area is 156 Å². The Bertz CT molecular complexity index is 880. The molecular weight excluding hydrogens is 348 g/mol. The quantitative estimate of drug-likeness (QED) is 0.769. The van der Waals surface area contributed by atoms with Gasteiger partial charge in [0.1, 0.15) is 17.3 Å². The lowest BCUT2D eigenvalue weighted by Crippen LogP contribution is -2.48. The van der Waals surface area contributed by atoms with E-state index in [-0.39, 0.29) is 24.1 Å². The number of nitrogens with zero attached hydrogens (tertiary/aromatic N) is 2. The Balaban J connectivity index is 1.40. The zero-order valence-electron chi connectivity index (χ0n) is 15.0. The lowest BCUT2D eigenvalue weighted by atomic mass is 10.1. The first-order valence-corrected chi connectivity index (χ1v) is 8.81. The van der Waals surface area contributed by atoms with Crippen molar-refractivity contribution in [2.24, 2.45) is 0 Å². The van der Waals surface area contributed by atoms with Gasteiger partial charge >= 0.3 is 0 Å². The summed E-state index contributed by atoms with van der Waals surface area (Å²) in [5.41, 5.74) is 0.463. The largest absolute Gasteiger partial charge is 0.484 e. The number of fused-ring (bicyclic) bond motifs is 1. The maximum atomic E-state index is 12.4. The number of hydrogen-bond acceptors (Lipinski definition) is 6. The van der Waals surface area contributed by atoms with Crippen molar-refractivity contribution in [2.45, 2.75) is 0 Å². The summed E-state index contributed by atoms with van der Waals surface area (Å²) < 4.78 is 16.5. The average molecular weight is 368 g/mol. The van der Waals surface area contributed by atoms with Gasteiger partial charge in [-0.3, -0.25) is 9.59 Å². The van der Waals surface area contributed by atoms with E-state index in [1.54, 1.807) is 41.3 Å². The molecule has 1 fully saturated rings. The number of Topliss-reactive ketones (excluding diaryl/α,β-unsaturated/α-hetero) is 1. The van der Waals surface area contributed by atoms with E-state index in [1.165, 1.54) is 6.26 Å². The molecule has 7 nitrogen and oxygen atoms in total. The zero-order chi connectivity index (χ0) is 18.8. The first kappa shape index (κ1) is 17.4. The molecule has 27 heavy (non-hydrogen) atoms. The SMILES string of the molecule is CN1CCN(C(=O)COc2ccc3c(c2)OC(=Cc2ccco2)C3=O)CC1. The van der Waals surface area contributed by atoms with E-state index < -0.39 is 0 Å². The van der Waals surface area contributed by atoms with Crippen LogP contribution in [-0.4, -0.2) is 61.3 Å². The van der Waals surface area contributed by atoms with Crippen molar-refractivity contribution >= 4 is 17.8 Å². The van der Waals surface area contributed by atoms with Gasteiger partial charge in [-0.05, 0) is 31.3 Å². The normalized spacial score (nSPS) is 18.5. The molecule has 4 rings (SSSR count). The first-order valence-electron chi connectivity index (χ1n) is 8.81. The van der Waals surface area contributed by atoms with E-state index in [2.05, 4.69) is 4.90 Å². The molecule has 1 saturated heterocycles. The summed E-state index contributed by atoms with van der Waals surface area (Å²) in [5.74, 6) is 1.40. The molecule has 2 aliphatic heterocycles. The minimum atomic E-state index is -0.207. The highest BCUT2D eigenvalue weighted by Crippen LogP contribution is 2.34. The summed E-state index contributed by atoms with van der Waals surface area (Å²) in [7, 11) is 2.04. The van der Waals surface area contributed by atoms with Gasteiger partial charge in [-0.1, -0.05) is 0 Å². The molecule has 140 valence electrons.